The van der Waals surface area contributed by atoms with E-state index < -0.39 is 5.54 Å². The lowest BCUT2D eigenvalue weighted by molar-refractivity contribution is 0.383. The van der Waals surface area contributed by atoms with Gasteiger partial charge in [0.25, 0.3) is 0 Å². The fourth-order valence-electron chi connectivity index (χ4n) is 4.10. The van der Waals surface area contributed by atoms with Crippen LogP contribution in [0.5, 0.6) is 0 Å². The zero-order valence-corrected chi connectivity index (χ0v) is 13.1. The number of allylic oxidation sites excluding steroid dienone is 2. The third kappa shape index (κ3) is 1.98. The predicted octanol–water partition coefficient (Wildman–Crippen LogP) is 3.42. The maximum absolute atomic E-state index is 9.61. The van der Waals surface area contributed by atoms with E-state index in [9.17, 15) is 5.26 Å². The Morgan fingerprint density at radius 2 is 2.24 bits per heavy atom. The first kappa shape index (κ1) is 14.2. The average Bonchev–Trinajstić information content (AvgIpc) is 2.56. The molecule has 3 nitrogen and oxygen atoms in total. The quantitative estimate of drug-likeness (QED) is 0.802. The molecule has 1 aliphatic carbocycles. The molecule has 0 amide bonds. The molecule has 110 valence electrons. The summed E-state index contributed by atoms with van der Waals surface area (Å²) in [6.07, 6.45) is 5.40. The van der Waals surface area contributed by atoms with E-state index in [-0.39, 0.29) is 6.04 Å². The average molecular weight is 281 g/mol. The van der Waals surface area contributed by atoms with Crippen molar-refractivity contribution >= 4 is 5.69 Å². The lowest BCUT2D eigenvalue weighted by Gasteiger charge is -2.29. The number of anilines is 1. The fourth-order valence-corrected chi connectivity index (χ4v) is 4.10. The van der Waals surface area contributed by atoms with Gasteiger partial charge in [-0.1, -0.05) is 30.2 Å². The minimum Gasteiger partial charge on any atom is -0.357 e. The molecule has 1 aromatic carbocycles. The molecule has 0 aromatic heterocycles. The predicted molar refractivity (Wildman–Crippen MR) is 86.1 cm³/mol. The minimum absolute atomic E-state index is 0.265. The van der Waals surface area contributed by atoms with Gasteiger partial charge >= 0.3 is 0 Å². The van der Waals surface area contributed by atoms with Crippen molar-refractivity contribution in [2.75, 3.05) is 11.9 Å². The molecule has 3 rings (SSSR count). The summed E-state index contributed by atoms with van der Waals surface area (Å²) in [4.78, 5) is 2.06. The molecule has 0 saturated carbocycles. The van der Waals surface area contributed by atoms with Gasteiger partial charge in [-0.25, -0.2) is 0 Å². The molecule has 0 unspecified atom stereocenters. The third-order valence-corrected chi connectivity index (χ3v) is 4.96. The standard InChI is InChI=1S/C18H23N3/c1-12(2)10-13-6-5-9-18(20)16(11-19)21(3)15-8-4-7-14(13)17(15)18/h4,7-8,10,13,16H,5-6,9,20H2,1-3H3/t13-,16-,18-/m1/s1. The van der Waals surface area contributed by atoms with Gasteiger partial charge in [-0.2, -0.15) is 5.26 Å². The van der Waals surface area contributed by atoms with Gasteiger partial charge in [0.2, 0.25) is 0 Å². The number of hydrogen-bond donors (Lipinski definition) is 1. The van der Waals surface area contributed by atoms with Crippen molar-refractivity contribution in [3.8, 4) is 6.07 Å². The zero-order valence-electron chi connectivity index (χ0n) is 13.1. The van der Waals surface area contributed by atoms with E-state index in [1.165, 1.54) is 16.7 Å². The number of nitriles is 1. The third-order valence-electron chi connectivity index (χ3n) is 4.96. The first-order valence-corrected chi connectivity index (χ1v) is 7.69. The first-order chi connectivity index (χ1) is 9.99. The molecule has 1 heterocycles. The largest absolute Gasteiger partial charge is 0.357 e. The Morgan fingerprint density at radius 3 is 2.90 bits per heavy atom. The van der Waals surface area contributed by atoms with Crippen LogP contribution in [-0.4, -0.2) is 13.1 Å². The summed E-state index contributed by atoms with van der Waals surface area (Å²) in [5, 5.41) is 9.61. The van der Waals surface area contributed by atoms with E-state index >= 15 is 0 Å². The molecule has 0 radical (unpaired) electrons. The van der Waals surface area contributed by atoms with Crippen LogP contribution in [0.25, 0.3) is 0 Å². The Morgan fingerprint density at radius 1 is 1.48 bits per heavy atom. The molecule has 2 aliphatic rings. The Labute approximate surface area is 127 Å². The Bertz CT molecular complexity index is 636. The first-order valence-electron chi connectivity index (χ1n) is 7.69. The number of nitrogens with zero attached hydrogens (tertiary/aromatic N) is 2. The highest BCUT2D eigenvalue weighted by Crippen LogP contribution is 2.50. The van der Waals surface area contributed by atoms with Crippen molar-refractivity contribution in [2.24, 2.45) is 5.73 Å². The van der Waals surface area contributed by atoms with Crippen LogP contribution >= 0.6 is 0 Å². The lowest BCUT2D eigenvalue weighted by Crippen LogP contribution is -2.49. The molecule has 21 heavy (non-hydrogen) atoms. The van der Waals surface area contributed by atoms with E-state index in [1.807, 2.05) is 7.05 Å². The van der Waals surface area contributed by atoms with Gasteiger partial charge in [0, 0.05) is 24.2 Å². The molecular weight excluding hydrogens is 258 g/mol. The van der Waals surface area contributed by atoms with E-state index in [2.05, 4.69) is 49.1 Å². The van der Waals surface area contributed by atoms with Gasteiger partial charge in [0.15, 0.2) is 0 Å². The van der Waals surface area contributed by atoms with Gasteiger partial charge < -0.3 is 10.6 Å². The van der Waals surface area contributed by atoms with E-state index in [0.29, 0.717) is 5.92 Å². The van der Waals surface area contributed by atoms with Gasteiger partial charge in [-0.15, -0.1) is 0 Å². The fraction of sp³-hybridized carbons (Fsp3) is 0.500. The molecule has 3 atom stereocenters. The molecule has 0 spiro atoms. The van der Waals surface area contributed by atoms with Crippen LogP contribution in [0.4, 0.5) is 5.69 Å². The summed E-state index contributed by atoms with van der Waals surface area (Å²) in [6, 6.07) is 8.56. The van der Waals surface area contributed by atoms with Crippen LogP contribution in [0, 0.1) is 11.3 Å². The Hall–Kier alpha value is -1.79. The molecule has 1 aromatic rings. The lowest BCUT2D eigenvalue weighted by atomic mass is 9.81. The molecule has 1 aliphatic heterocycles. The number of benzene rings is 1. The van der Waals surface area contributed by atoms with E-state index in [0.717, 1.165) is 24.9 Å². The second-order valence-corrected chi connectivity index (χ2v) is 6.67. The highest BCUT2D eigenvalue weighted by atomic mass is 15.2. The Kier molecular flexibility index (Phi) is 3.30. The summed E-state index contributed by atoms with van der Waals surface area (Å²) in [7, 11) is 1.99. The van der Waals surface area contributed by atoms with Crippen molar-refractivity contribution in [2.45, 2.75) is 50.6 Å². The smallest absolute Gasteiger partial charge is 0.139 e. The summed E-state index contributed by atoms with van der Waals surface area (Å²) in [5.41, 5.74) is 11.2. The van der Waals surface area contributed by atoms with Gasteiger partial charge in [-0.05, 0) is 38.3 Å². The molecular formula is C18H23N3. The van der Waals surface area contributed by atoms with Crippen LogP contribution in [0.3, 0.4) is 0 Å². The van der Waals surface area contributed by atoms with Crippen molar-refractivity contribution in [3.63, 3.8) is 0 Å². The summed E-state index contributed by atoms with van der Waals surface area (Å²) in [5.74, 6) is 0.418. The van der Waals surface area contributed by atoms with E-state index in [1.54, 1.807) is 0 Å². The summed E-state index contributed by atoms with van der Waals surface area (Å²) in [6.45, 7) is 4.29. The van der Waals surface area contributed by atoms with Crippen molar-refractivity contribution in [1.29, 1.82) is 5.26 Å². The number of likely N-dealkylation sites (N-methyl/N-ethyl adjacent to an activating group) is 1. The normalized spacial score (nSPS) is 30.3. The van der Waals surface area contributed by atoms with Crippen LogP contribution < -0.4 is 10.6 Å². The second kappa shape index (κ2) is 4.89. The minimum atomic E-state index is -0.528. The maximum atomic E-state index is 9.61. The van der Waals surface area contributed by atoms with Crippen molar-refractivity contribution < 1.29 is 0 Å². The topological polar surface area (TPSA) is 53.0 Å². The van der Waals surface area contributed by atoms with E-state index in [4.69, 9.17) is 5.73 Å². The SMILES string of the molecule is CC(C)=C[C@H]1CCC[C@]2(N)c3c1cccc3N(C)[C@@H]2C#N. The molecule has 0 bridgehead atoms. The molecule has 0 saturated heterocycles. The summed E-state index contributed by atoms with van der Waals surface area (Å²) < 4.78 is 0. The van der Waals surface area contributed by atoms with Crippen LogP contribution in [-0.2, 0) is 5.54 Å². The number of hydrogen-bond acceptors (Lipinski definition) is 3. The highest BCUT2D eigenvalue weighted by Gasteiger charge is 2.50. The van der Waals surface area contributed by atoms with Gasteiger partial charge in [0.05, 0.1) is 11.6 Å². The molecule has 0 fully saturated rings. The highest BCUT2D eigenvalue weighted by molar-refractivity contribution is 5.69. The number of rotatable bonds is 1. The van der Waals surface area contributed by atoms with Gasteiger partial charge in [-0.3, -0.25) is 0 Å². The summed E-state index contributed by atoms with van der Waals surface area (Å²) >= 11 is 0. The van der Waals surface area contributed by atoms with Crippen molar-refractivity contribution in [3.05, 3.63) is 41.0 Å². The maximum Gasteiger partial charge on any atom is 0.139 e. The van der Waals surface area contributed by atoms with Crippen LogP contribution in [0.1, 0.15) is 50.2 Å². The van der Waals surface area contributed by atoms with Crippen LogP contribution in [0.2, 0.25) is 0 Å². The van der Waals surface area contributed by atoms with Crippen LogP contribution in [0.15, 0.2) is 29.8 Å². The zero-order chi connectivity index (χ0) is 15.2. The van der Waals surface area contributed by atoms with Crippen molar-refractivity contribution in [1.82, 2.24) is 0 Å². The number of nitrogens with two attached hydrogens (primary N) is 1. The second-order valence-electron chi connectivity index (χ2n) is 6.67. The Balaban J connectivity index is 2.24. The van der Waals surface area contributed by atoms with Gasteiger partial charge in [0.1, 0.15) is 6.04 Å². The molecule has 2 N–H and O–H groups in total. The molecule has 3 heteroatoms. The monoisotopic (exact) mass is 281 g/mol.